The van der Waals surface area contributed by atoms with Gasteiger partial charge in [-0.25, -0.2) is 4.79 Å². The first-order chi connectivity index (χ1) is 14.7. The van der Waals surface area contributed by atoms with Crippen LogP contribution in [0.4, 0.5) is 10.5 Å². The molecule has 3 heterocycles. The number of hydrogen-bond acceptors (Lipinski definition) is 5. The van der Waals surface area contributed by atoms with Gasteiger partial charge in [0.15, 0.2) is 5.96 Å². The zero-order chi connectivity index (χ0) is 22.6. The predicted octanol–water partition coefficient (Wildman–Crippen LogP) is 2.05. The summed E-state index contributed by atoms with van der Waals surface area (Å²) in [7, 11) is 3.55. The quantitative estimate of drug-likeness (QED) is 0.345. The lowest BCUT2D eigenvalue weighted by atomic mass is 10.0. The number of rotatable bonds is 3. The summed E-state index contributed by atoms with van der Waals surface area (Å²) in [5.74, 6) is 0.684. The molecule has 0 saturated carbocycles. The van der Waals surface area contributed by atoms with Gasteiger partial charge in [0.05, 0.1) is 17.9 Å². The summed E-state index contributed by atoms with van der Waals surface area (Å²) in [5, 5.41) is 7.53. The van der Waals surface area contributed by atoms with Gasteiger partial charge in [0.25, 0.3) is 0 Å². The van der Waals surface area contributed by atoms with E-state index >= 15 is 0 Å². The molecule has 180 valence electrons. The van der Waals surface area contributed by atoms with Gasteiger partial charge in [0, 0.05) is 46.5 Å². The lowest BCUT2D eigenvalue weighted by Gasteiger charge is -2.38. The average Bonchev–Trinajstić information content (AvgIpc) is 3.13. The number of nitrogens with zero attached hydrogens (tertiary/aromatic N) is 6. The van der Waals surface area contributed by atoms with Crippen LogP contribution < -0.4 is 10.2 Å². The molecule has 0 bridgehead atoms. The van der Waals surface area contributed by atoms with E-state index in [9.17, 15) is 9.59 Å². The maximum Gasteiger partial charge on any atom is 0.410 e. The maximum absolute atomic E-state index is 12.7. The Hall–Kier alpha value is -2.05. The summed E-state index contributed by atoms with van der Waals surface area (Å²) >= 11 is 0. The van der Waals surface area contributed by atoms with Gasteiger partial charge in [0.1, 0.15) is 12.1 Å². The molecule has 1 unspecified atom stereocenters. The Morgan fingerprint density at radius 2 is 2.03 bits per heavy atom. The first-order valence-corrected chi connectivity index (χ1v) is 10.9. The number of halogens is 1. The number of carbonyl (C=O) groups is 2. The Balaban J connectivity index is 0.00000363. The van der Waals surface area contributed by atoms with E-state index in [-0.39, 0.29) is 48.6 Å². The molecule has 0 aromatic carbocycles. The smallest absolute Gasteiger partial charge is 0.410 e. The molecule has 32 heavy (non-hydrogen) atoms. The van der Waals surface area contributed by atoms with Crippen LogP contribution in [0.5, 0.6) is 0 Å². The Morgan fingerprint density at radius 1 is 1.28 bits per heavy atom. The molecule has 1 aromatic heterocycles. The number of anilines is 1. The van der Waals surface area contributed by atoms with Crippen molar-refractivity contribution >= 4 is 47.6 Å². The van der Waals surface area contributed by atoms with Gasteiger partial charge in [-0.2, -0.15) is 5.10 Å². The number of likely N-dealkylation sites (tertiary alicyclic amines) is 1. The molecule has 1 aromatic rings. The summed E-state index contributed by atoms with van der Waals surface area (Å²) in [6.45, 7) is 8.39. The maximum atomic E-state index is 12.7. The highest BCUT2D eigenvalue weighted by Gasteiger charge is 2.32. The lowest BCUT2D eigenvalue weighted by molar-refractivity contribution is -0.120. The van der Waals surface area contributed by atoms with E-state index in [0.717, 1.165) is 24.9 Å². The molecule has 10 nitrogen and oxygen atoms in total. The minimum atomic E-state index is -0.517. The van der Waals surface area contributed by atoms with Crippen molar-refractivity contribution in [3.8, 4) is 0 Å². The normalized spacial score (nSPS) is 20.2. The van der Waals surface area contributed by atoms with Crippen LogP contribution in [0.2, 0.25) is 0 Å². The topological polar surface area (TPSA) is 95.3 Å². The number of ether oxygens (including phenoxy) is 1. The second kappa shape index (κ2) is 11.2. The van der Waals surface area contributed by atoms with Crippen LogP contribution in [0.1, 0.15) is 40.0 Å². The van der Waals surface area contributed by atoms with E-state index in [1.54, 1.807) is 22.8 Å². The first kappa shape index (κ1) is 26.2. The van der Waals surface area contributed by atoms with E-state index in [0.29, 0.717) is 32.1 Å². The molecular weight excluding hydrogens is 525 g/mol. The number of aryl methyl sites for hydroxylation is 1. The van der Waals surface area contributed by atoms with Crippen molar-refractivity contribution in [1.82, 2.24) is 24.9 Å². The van der Waals surface area contributed by atoms with E-state index in [1.165, 1.54) is 0 Å². The minimum Gasteiger partial charge on any atom is -0.444 e. The van der Waals surface area contributed by atoms with E-state index < -0.39 is 5.60 Å². The summed E-state index contributed by atoms with van der Waals surface area (Å²) in [4.78, 5) is 35.2. The van der Waals surface area contributed by atoms with Crippen molar-refractivity contribution in [1.29, 1.82) is 0 Å². The largest absolute Gasteiger partial charge is 0.444 e. The van der Waals surface area contributed by atoms with Gasteiger partial charge in [-0.15, -0.1) is 24.0 Å². The first-order valence-electron chi connectivity index (χ1n) is 10.9. The summed E-state index contributed by atoms with van der Waals surface area (Å²) in [5.41, 5.74) is 0.293. The van der Waals surface area contributed by atoms with Crippen LogP contribution in [-0.4, -0.2) is 89.0 Å². The van der Waals surface area contributed by atoms with Crippen LogP contribution in [0, 0.1) is 0 Å². The number of nitrogens with one attached hydrogen (secondary N) is 1. The average molecular weight is 561 g/mol. The number of hydrogen-bond donors (Lipinski definition) is 1. The molecule has 1 atom stereocenters. The molecule has 1 N–H and O–H groups in total. The minimum absolute atomic E-state index is 0. The van der Waals surface area contributed by atoms with Gasteiger partial charge in [-0.3, -0.25) is 14.5 Å². The number of aliphatic imine (C=N–C) groups is 1. The molecule has 0 spiro atoms. The summed E-state index contributed by atoms with van der Waals surface area (Å²) < 4.78 is 7.28. The Bertz CT molecular complexity index is 821. The molecule has 2 aliphatic heterocycles. The van der Waals surface area contributed by atoms with Gasteiger partial charge in [-0.1, -0.05) is 0 Å². The molecule has 11 heteroatoms. The van der Waals surface area contributed by atoms with Crippen LogP contribution in [0.25, 0.3) is 0 Å². The van der Waals surface area contributed by atoms with Gasteiger partial charge in [-0.05, 0) is 40.0 Å². The highest BCUT2D eigenvalue weighted by molar-refractivity contribution is 14.0. The fourth-order valence-electron chi connectivity index (χ4n) is 3.99. The number of piperazine rings is 1. The van der Waals surface area contributed by atoms with Crippen LogP contribution >= 0.6 is 24.0 Å². The Labute approximate surface area is 207 Å². The van der Waals surface area contributed by atoms with Gasteiger partial charge >= 0.3 is 6.09 Å². The highest BCUT2D eigenvalue weighted by Crippen LogP contribution is 2.20. The third-order valence-corrected chi connectivity index (χ3v) is 5.49. The Kier molecular flexibility index (Phi) is 9.17. The second-order valence-electron chi connectivity index (χ2n) is 9.09. The number of aromatic nitrogens is 2. The third-order valence-electron chi connectivity index (χ3n) is 5.49. The Morgan fingerprint density at radius 3 is 2.62 bits per heavy atom. The van der Waals surface area contributed by atoms with Crippen molar-refractivity contribution in [2.24, 2.45) is 12.0 Å². The lowest BCUT2D eigenvalue weighted by Crippen LogP contribution is -2.57. The van der Waals surface area contributed by atoms with E-state index in [4.69, 9.17) is 4.74 Å². The molecule has 2 amide bonds. The summed E-state index contributed by atoms with van der Waals surface area (Å²) in [6.07, 6.45) is 6.25. The fourth-order valence-corrected chi connectivity index (χ4v) is 3.99. The molecule has 3 rings (SSSR count). The van der Waals surface area contributed by atoms with E-state index in [1.807, 2.05) is 43.8 Å². The van der Waals surface area contributed by atoms with Crippen LogP contribution in [0.3, 0.4) is 0 Å². The van der Waals surface area contributed by atoms with Crippen LogP contribution in [-0.2, 0) is 16.6 Å². The zero-order valence-electron chi connectivity index (χ0n) is 19.7. The number of guanidine groups is 1. The molecule has 2 aliphatic rings. The molecule has 2 fully saturated rings. The monoisotopic (exact) mass is 561 g/mol. The van der Waals surface area contributed by atoms with Crippen molar-refractivity contribution in [2.45, 2.75) is 51.7 Å². The number of amides is 2. The van der Waals surface area contributed by atoms with Crippen LogP contribution in [0.15, 0.2) is 17.4 Å². The predicted molar refractivity (Wildman–Crippen MR) is 134 cm³/mol. The third kappa shape index (κ3) is 6.72. The standard InChI is InChI=1S/C21H35N7O3.HI/c1-21(2,3)31-20(30)28-9-7-6-8-16(28)12-23-19(22-4)26-10-11-27(18(29)15-26)17-13-24-25(5)14-17;/h13-14,16H,6-12,15H2,1-5H3,(H,22,23);1H. The van der Waals surface area contributed by atoms with Crippen molar-refractivity contribution in [3.63, 3.8) is 0 Å². The molecule has 2 saturated heterocycles. The van der Waals surface area contributed by atoms with Gasteiger partial charge < -0.3 is 24.8 Å². The summed E-state index contributed by atoms with van der Waals surface area (Å²) in [6, 6.07) is 0.0349. The molecule has 0 radical (unpaired) electrons. The van der Waals surface area contributed by atoms with Crippen molar-refractivity contribution in [2.75, 3.05) is 44.7 Å². The van der Waals surface area contributed by atoms with Crippen molar-refractivity contribution in [3.05, 3.63) is 12.4 Å². The van der Waals surface area contributed by atoms with E-state index in [2.05, 4.69) is 15.4 Å². The fraction of sp³-hybridized carbons (Fsp3) is 0.714. The zero-order valence-corrected chi connectivity index (χ0v) is 22.0. The van der Waals surface area contributed by atoms with Crippen molar-refractivity contribution < 1.29 is 14.3 Å². The SMILES string of the molecule is CN=C(NCC1CCCCN1C(=O)OC(C)(C)C)N1CCN(c2cnn(C)c2)C(=O)C1.I. The number of carbonyl (C=O) groups excluding carboxylic acids is 2. The molecular formula is C21H36IN7O3. The molecule has 0 aliphatic carbocycles. The highest BCUT2D eigenvalue weighted by atomic mass is 127. The second-order valence-corrected chi connectivity index (χ2v) is 9.09. The number of piperidine rings is 1. The van der Waals surface area contributed by atoms with Gasteiger partial charge in [0.2, 0.25) is 5.91 Å².